The lowest BCUT2D eigenvalue weighted by molar-refractivity contribution is 0.306. The van der Waals surface area contributed by atoms with Gasteiger partial charge in [-0.15, -0.1) is 0 Å². The minimum Gasteiger partial charge on any atom is -0.228 e. The molecule has 4 heteroatoms. The van der Waals surface area contributed by atoms with Crippen LogP contribution in [0.5, 0.6) is 0 Å². The Labute approximate surface area is 126 Å². The van der Waals surface area contributed by atoms with Crippen LogP contribution in [0, 0.1) is 37.0 Å². The molecule has 108 valence electrons. The Morgan fingerprint density at radius 3 is 2.60 bits per heavy atom. The molecule has 0 aromatic carbocycles. The van der Waals surface area contributed by atoms with Crippen LogP contribution in [0.3, 0.4) is 0 Å². The minimum atomic E-state index is 0.150. The van der Waals surface area contributed by atoms with Gasteiger partial charge in [-0.3, -0.25) is 0 Å². The van der Waals surface area contributed by atoms with Crippen LogP contribution in [0.25, 0.3) is 0 Å². The maximum atomic E-state index is 9.36. The van der Waals surface area contributed by atoms with Crippen molar-refractivity contribution in [1.82, 2.24) is 9.97 Å². The Morgan fingerprint density at radius 1 is 1.30 bits per heavy atom. The fourth-order valence-electron chi connectivity index (χ4n) is 3.04. The van der Waals surface area contributed by atoms with E-state index in [1.54, 1.807) is 11.8 Å². The van der Waals surface area contributed by atoms with E-state index in [0.717, 1.165) is 35.3 Å². The molecule has 1 heterocycles. The molecule has 0 N–H and O–H groups in total. The number of thioether (sulfide) groups is 1. The van der Waals surface area contributed by atoms with Gasteiger partial charge in [0, 0.05) is 16.6 Å². The largest absolute Gasteiger partial charge is 0.228 e. The van der Waals surface area contributed by atoms with Crippen LogP contribution in [0.2, 0.25) is 0 Å². The van der Waals surface area contributed by atoms with Crippen molar-refractivity contribution in [1.29, 1.82) is 5.26 Å². The third kappa shape index (κ3) is 3.96. The smallest absolute Gasteiger partial charge is 0.188 e. The van der Waals surface area contributed by atoms with Crippen LogP contribution in [0.4, 0.5) is 0 Å². The lowest BCUT2D eigenvalue weighted by Crippen LogP contribution is -2.26. The Bertz CT molecular complexity index is 475. The number of rotatable bonds is 4. The van der Waals surface area contributed by atoms with E-state index in [0.29, 0.717) is 5.25 Å². The average molecular weight is 289 g/mol. The van der Waals surface area contributed by atoms with Gasteiger partial charge in [0.1, 0.15) is 0 Å². The summed E-state index contributed by atoms with van der Waals surface area (Å²) in [5.41, 5.74) is 2.02. The quantitative estimate of drug-likeness (QED) is 0.776. The van der Waals surface area contributed by atoms with Gasteiger partial charge in [-0.2, -0.15) is 5.26 Å². The highest BCUT2D eigenvalue weighted by Gasteiger charge is 2.31. The van der Waals surface area contributed by atoms with Crippen molar-refractivity contribution < 1.29 is 0 Å². The highest BCUT2D eigenvalue weighted by molar-refractivity contribution is 7.99. The highest BCUT2D eigenvalue weighted by Crippen LogP contribution is 2.40. The van der Waals surface area contributed by atoms with Crippen LogP contribution in [0.15, 0.2) is 11.2 Å². The first-order valence-corrected chi connectivity index (χ1v) is 8.39. The maximum Gasteiger partial charge on any atom is 0.188 e. The molecular weight excluding hydrogens is 266 g/mol. The molecule has 2 rings (SSSR count). The van der Waals surface area contributed by atoms with Crippen molar-refractivity contribution in [2.24, 2.45) is 11.8 Å². The molecule has 20 heavy (non-hydrogen) atoms. The monoisotopic (exact) mass is 289 g/mol. The van der Waals surface area contributed by atoms with Crippen molar-refractivity contribution in [3.63, 3.8) is 0 Å². The molecule has 0 aliphatic heterocycles. The van der Waals surface area contributed by atoms with E-state index in [4.69, 9.17) is 0 Å². The number of aromatic nitrogens is 2. The van der Waals surface area contributed by atoms with Gasteiger partial charge >= 0.3 is 0 Å². The summed E-state index contributed by atoms with van der Waals surface area (Å²) in [5, 5.41) is 10.6. The summed E-state index contributed by atoms with van der Waals surface area (Å²) in [4.78, 5) is 9.02. The zero-order valence-corrected chi connectivity index (χ0v) is 13.4. The second-order valence-electron chi connectivity index (χ2n) is 5.79. The summed E-state index contributed by atoms with van der Waals surface area (Å²) in [6.45, 7) is 6.24. The molecule has 1 aliphatic carbocycles. The van der Waals surface area contributed by atoms with Gasteiger partial charge in [0.25, 0.3) is 0 Å². The SMILES string of the molecule is CCCC1CCC(C#N)C(Sc2nc(C)cc(C)n2)C1. The van der Waals surface area contributed by atoms with E-state index in [1.165, 1.54) is 19.3 Å². The van der Waals surface area contributed by atoms with E-state index >= 15 is 0 Å². The number of hydrogen-bond donors (Lipinski definition) is 0. The number of hydrogen-bond acceptors (Lipinski definition) is 4. The first-order valence-electron chi connectivity index (χ1n) is 7.51. The Hall–Kier alpha value is -1.08. The van der Waals surface area contributed by atoms with Crippen LogP contribution < -0.4 is 0 Å². The van der Waals surface area contributed by atoms with Crippen molar-refractivity contribution in [3.8, 4) is 6.07 Å². The molecule has 1 aliphatic rings. The van der Waals surface area contributed by atoms with Crippen molar-refractivity contribution in [2.75, 3.05) is 0 Å². The molecule has 0 spiro atoms. The number of nitriles is 1. The number of aryl methyl sites for hydroxylation is 2. The predicted molar refractivity (Wildman–Crippen MR) is 82.5 cm³/mol. The summed E-state index contributed by atoms with van der Waals surface area (Å²) < 4.78 is 0. The standard InChI is InChI=1S/C16H23N3S/c1-4-5-13-6-7-14(10-17)15(9-13)20-16-18-11(2)8-12(3)19-16/h8,13-15H,4-7,9H2,1-3H3. The minimum absolute atomic E-state index is 0.150. The zero-order chi connectivity index (χ0) is 14.5. The van der Waals surface area contributed by atoms with Gasteiger partial charge in [0.15, 0.2) is 5.16 Å². The second-order valence-corrected chi connectivity index (χ2v) is 7.00. The van der Waals surface area contributed by atoms with Gasteiger partial charge in [-0.25, -0.2) is 9.97 Å². The van der Waals surface area contributed by atoms with Crippen molar-refractivity contribution in [3.05, 3.63) is 17.5 Å². The normalized spacial score (nSPS) is 26.2. The van der Waals surface area contributed by atoms with E-state index in [-0.39, 0.29) is 5.92 Å². The van der Waals surface area contributed by atoms with E-state index in [1.807, 2.05) is 19.9 Å². The molecule has 3 nitrogen and oxygen atoms in total. The zero-order valence-electron chi connectivity index (χ0n) is 12.6. The van der Waals surface area contributed by atoms with E-state index in [2.05, 4.69) is 23.0 Å². The van der Waals surface area contributed by atoms with E-state index < -0.39 is 0 Å². The molecule has 1 aromatic heterocycles. The molecule has 1 aromatic rings. The van der Waals surface area contributed by atoms with Gasteiger partial charge in [0.2, 0.25) is 0 Å². The molecule has 3 unspecified atom stereocenters. The molecule has 1 saturated carbocycles. The fraction of sp³-hybridized carbons (Fsp3) is 0.688. The third-order valence-electron chi connectivity index (χ3n) is 3.98. The van der Waals surface area contributed by atoms with Crippen molar-refractivity contribution in [2.45, 2.75) is 63.3 Å². The van der Waals surface area contributed by atoms with Gasteiger partial charge in [0.05, 0.1) is 12.0 Å². The lowest BCUT2D eigenvalue weighted by atomic mass is 9.80. The third-order valence-corrected chi connectivity index (χ3v) is 5.20. The molecule has 0 saturated heterocycles. The molecule has 0 amide bonds. The van der Waals surface area contributed by atoms with Crippen LogP contribution >= 0.6 is 11.8 Å². The predicted octanol–water partition coefficient (Wildman–Crippen LogP) is 4.29. The summed E-state index contributed by atoms with van der Waals surface area (Å²) in [5.74, 6) is 0.922. The van der Waals surface area contributed by atoms with Crippen LogP contribution in [-0.4, -0.2) is 15.2 Å². The maximum absolute atomic E-state index is 9.36. The summed E-state index contributed by atoms with van der Waals surface area (Å²) in [6.07, 6.45) is 5.88. The molecule has 1 fully saturated rings. The Balaban J connectivity index is 2.09. The molecule has 3 atom stereocenters. The lowest BCUT2D eigenvalue weighted by Gasteiger charge is -2.31. The van der Waals surface area contributed by atoms with Crippen molar-refractivity contribution >= 4 is 11.8 Å². The first kappa shape index (κ1) is 15.3. The van der Waals surface area contributed by atoms with Gasteiger partial charge < -0.3 is 0 Å². The first-order chi connectivity index (χ1) is 9.62. The summed E-state index contributed by atoms with van der Waals surface area (Å²) in [7, 11) is 0. The Morgan fingerprint density at radius 2 is 2.00 bits per heavy atom. The molecule has 0 radical (unpaired) electrons. The summed E-state index contributed by atoms with van der Waals surface area (Å²) >= 11 is 1.71. The van der Waals surface area contributed by atoms with Crippen LogP contribution in [-0.2, 0) is 0 Å². The second kappa shape index (κ2) is 7.08. The average Bonchev–Trinajstić information content (AvgIpc) is 2.38. The van der Waals surface area contributed by atoms with Gasteiger partial charge in [-0.05, 0) is 45.1 Å². The topological polar surface area (TPSA) is 49.6 Å². The highest BCUT2D eigenvalue weighted by atomic mass is 32.2. The van der Waals surface area contributed by atoms with Gasteiger partial charge in [-0.1, -0.05) is 31.5 Å². The Kier molecular flexibility index (Phi) is 5.42. The van der Waals surface area contributed by atoms with Crippen LogP contribution in [0.1, 0.15) is 50.4 Å². The van der Waals surface area contributed by atoms with E-state index in [9.17, 15) is 5.26 Å². The number of nitrogens with zero attached hydrogens (tertiary/aromatic N) is 3. The molecule has 0 bridgehead atoms. The summed E-state index contributed by atoms with van der Waals surface area (Å²) in [6, 6.07) is 4.48. The molecular formula is C16H23N3S. The fourth-order valence-corrected chi connectivity index (χ4v) is 4.44.